The number of phenols is 1. The molecule has 0 saturated carbocycles. The van der Waals surface area contributed by atoms with Gasteiger partial charge in [0.2, 0.25) is 0 Å². The fourth-order valence-corrected chi connectivity index (χ4v) is 4.47. The zero-order valence-electron chi connectivity index (χ0n) is 16.2. The Hall–Kier alpha value is -0.850. The molecule has 146 valence electrons. The van der Waals surface area contributed by atoms with E-state index in [4.69, 9.17) is 11.6 Å². The second-order valence-corrected chi connectivity index (χ2v) is 8.44. The summed E-state index contributed by atoms with van der Waals surface area (Å²) < 4.78 is 0. The first kappa shape index (κ1) is 19.9. The first-order valence-electron chi connectivity index (χ1n) is 9.81. The number of benzene rings is 1. The third-order valence-corrected chi connectivity index (χ3v) is 6.52. The molecule has 0 aromatic heterocycles. The molecule has 2 aliphatic rings. The minimum atomic E-state index is -0.678. The molecule has 3 rings (SSSR count). The summed E-state index contributed by atoms with van der Waals surface area (Å²) in [5.74, 6) is 0.296. The Morgan fingerprint density at radius 2 is 1.50 bits per heavy atom. The maximum atomic E-state index is 10.5. The molecule has 26 heavy (non-hydrogen) atoms. The lowest BCUT2D eigenvalue weighted by Crippen LogP contribution is -2.52. The summed E-state index contributed by atoms with van der Waals surface area (Å²) >= 11 is 7.33. The fraction of sp³-hybridized carbons (Fsp3) is 0.700. The largest absolute Gasteiger partial charge is 0.508 e. The first-order chi connectivity index (χ1) is 12.5. The summed E-state index contributed by atoms with van der Waals surface area (Å²) in [6.07, 6.45) is 2.01. The van der Waals surface area contributed by atoms with Gasteiger partial charge in [0.15, 0.2) is 0 Å². The van der Waals surface area contributed by atoms with Crippen molar-refractivity contribution in [1.82, 2.24) is 19.6 Å². The van der Waals surface area contributed by atoms with Crippen molar-refractivity contribution < 1.29 is 5.11 Å². The zero-order chi connectivity index (χ0) is 18.6. The number of phenolic OH excluding ortho intramolecular Hbond substituents is 1. The maximum absolute atomic E-state index is 10.5. The van der Waals surface area contributed by atoms with Crippen LogP contribution in [0.25, 0.3) is 0 Å². The minimum Gasteiger partial charge on any atom is -0.508 e. The van der Waals surface area contributed by atoms with Gasteiger partial charge >= 0.3 is 0 Å². The SMILES string of the molecule is CN1CCCN2CCN(C)CCC(Cl)(c3ccccc3O)N(CC1)CC2. The minimum absolute atomic E-state index is 0.296. The summed E-state index contributed by atoms with van der Waals surface area (Å²) in [4.78, 5) is 9.04. The molecule has 2 saturated heterocycles. The smallest absolute Gasteiger partial charge is 0.126 e. The van der Waals surface area contributed by atoms with Gasteiger partial charge in [-0.3, -0.25) is 4.90 Å². The maximum Gasteiger partial charge on any atom is 0.126 e. The molecule has 6 heteroatoms. The van der Waals surface area contributed by atoms with Crippen molar-refractivity contribution in [1.29, 1.82) is 0 Å². The molecule has 3 unspecified atom stereocenters. The van der Waals surface area contributed by atoms with Gasteiger partial charge in [0.25, 0.3) is 0 Å². The lowest BCUT2D eigenvalue weighted by atomic mass is 9.98. The van der Waals surface area contributed by atoms with Crippen LogP contribution in [0.15, 0.2) is 24.3 Å². The number of aromatic hydroxyl groups is 1. The van der Waals surface area contributed by atoms with Crippen molar-refractivity contribution >= 4 is 11.6 Å². The van der Waals surface area contributed by atoms with Crippen molar-refractivity contribution in [2.24, 2.45) is 0 Å². The number of fused-ring (bicyclic) bond motifs is 3. The van der Waals surface area contributed by atoms with E-state index in [0.717, 1.165) is 70.9 Å². The predicted octanol–water partition coefficient (Wildman–Crippen LogP) is 2.06. The Labute approximate surface area is 163 Å². The van der Waals surface area contributed by atoms with Gasteiger partial charge in [-0.05, 0) is 46.1 Å². The van der Waals surface area contributed by atoms with Crippen LogP contribution in [0.4, 0.5) is 0 Å². The highest BCUT2D eigenvalue weighted by atomic mass is 35.5. The quantitative estimate of drug-likeness (QED) is 0.595. The second-order valence-electron chi connectivity index (χ2n) is 7.82. The van der Waals surface area contributed by atoms with Crippen LogP contribution in [-0.4, -0.2) is 97.7 Å². The van der Waals surface area contributed by atoms with Gasteiger partial charge in [0.05, 0.1) is 0 Å². The van der Waals surface area contributed by atoms with E-state index in [-0.39, 0.29) is 0 Å². The number of rotatable bonds is 1. The molecule has 0 aliphatic carbocycles. The lowest BCUT2D eigenvalue weighted by Gasteiger charge is -2.44. The van der Waals surface area contributed by atoms with Crippen LogP contribution in [0.1, 0.15) is 18.4 Å². The van der Waals surface area contributed by atoms with Gasteiger partial charge in [0.1, 0.15) is 10.7 Å². The molecule has 2 heterocycles. The molecule has 0 amide bonds. The molecule has 1 aromatic rings. The van der Waals surface area contributed by atoms with Crippen molar-refractivity contribution in [3.8, 4) is 5.75 Å². The Morgan fingerprint density at radius 3 is 2.31 bits per heavy atom. The normalized spacial score (nSPS) is 33.0. The molecule has 0 spiro atoms. The van der Waals surface area contributed by atoms with Crippen molar-refractivity contribution in [2.45, 2.75) is 17.8 Å². The Morgan fingerprint density at radius 1 is 0.846 bits per heavy atom. The highest BCUT2D eigenvalue weighted by molar-refractivity contribution is 6.24. The van der Waals surface area contributed by atoms with Gasteiger partial charge < -0.3 is 19.8 Å². The van der Waals surface area contributed by atoms with Gasteiger partial charge in [-0.2, -0.15) is 0 Å². The van der Waals surface area contributed by atoms with Crippen molar-refractivity contribution in [2.75, 3.05) is 73.0 Å². The van der Waals surface area contributed by atoms with Crippen LogP contribution in [0.3, 0.4) is 0 Å². The van der Waals surface area contributed by atoms with Gasteiger partial charge in [-0.1, -0.05) is 29.8 Å². The zero-order valence-corrected chi connectivity index (χ0v) is 17.0. The molecule has 2 fully saturated rings. The summed E-state index contributed by atoms with van der Waals surface area (Å²) in [7, 11) is 4.37. The van der Waals surface area contributed by atoms with Gasteiger partial charge in [0, 0.05) is 51.4 Å². The molecule has 3 atom stereocenters. The van der Waals surface area contributed by atoms with E-state index in [2.05, 4.69) is 33.7 Å². The van der Waals surface area contributed by atoms with E-state index < -0.39 is 5.00 Å². The Kier molecular flexibility index (Phi) is 6.81. The number of hydrogen-bond donors (Lipinski definition) is 1. The summed E-state index contributed by atoms with van der Waals surface area (Å²) in [5.41, 5.74) is 0.835. The van der Waals surface area contributed by atoms with Crippen molar-refractivity contribution in [3.63, 3.8) is 0 Å². The van der Waals surface area contributed by atoms with Crippen LogP contribution in [0.5, 0.6) is 5.75 Å². The number of likely N-dealkylation sites (N-methyl/N-ethyl adjacent to an activating group) is 2. The van der Waals surface area contributed by atoms with Gasteiger partial charge in [-0.25, -0.2) is 0 Å². The van der Waals surface area contributed by atoms with E-state index in [9.17, 15) is 5.11 Å². The molecular formula is C20H33ClN4O. The Bertz CT molecular complexity index is 587. The molecule has 2 bridgehead atoms. The number of para-hydroxylation sites is 1. The van der Waals surface area contributed by atoms with Crippen LogP contribution < -0.4 is 0 Å². The van der Waals surface area contributed by atoms with Gasteiger partial charge in [-0.15, -0.1) is 0 Å². The average Bonchev–Trinajstić information content (AvgIpc) is 2.63. The Balaban J connectivity index is 1.95. The summed E-state index contributed by atoms with van der Waals surface area (Å²) in [5, 5.41) is 10.5. The summed E-state index contributed by atoms with van der Waals surface area (Å²) in [6, 6.07) is 7.57. The molecular weight excluding hydrogens is 348 g/mol. The van der Waals surface area contributed by atoms with E-state index in [0.29, 0.717) is 5.75 Å². The fourth-order valence-electron chi connectivity index (χ4n) is 4.05. The summed E-state index contributed by atoms with van der Waals surface area (Å²) in [6.45, 7) is 9.20. The van der Waals surface area contributed by atoms with E-state index in [1.54, 1.807) is 6.07 Å². The molecule has 0 radical (unpaired) electrons. The molecule has 1 N–H and O–H groups in total. The molecule has 5 nitrogen and oxygen atoms in total. The van der Waals surface area contributed by atoms with E-state index in [1.165, 1.54) is 6.42 Å². The first-order valence-corrected chi connectivity index (χ1v) is 10.2. The van der Waals surface area contributed by atoms with Crippen LogP contribution in [-0.2, 0) is 5.00 Å². The number of alkyl halides is 1. The predicted molar refractivity (Wildman–Crippen MR) is 108 cm³/mol. The number of halogens is 1. The van der Waals surface area contributed by atoms with Crippen LogP contribution >= 0.6 is 11.6 Å². The third-order valence-electron chi connectivity index (χ3n) is 5.89. The number of nitrogens with zero attached hydrogens (tertiary/aromatic N) is 4. The highest BCUT2D eigenvalue weighted by Crippen LogP contribution is 2.41. The lowest BCUT2D eigenvalue weighted by molar-refractivity contribution is 0.0778. The van der Waals surface area contributed by atoms with E-state index in [1.807, 2.05) is 18.2 Å². The van der Waals surface area contributed by atoms with E-state index >= 15 is 0 Å². The second kappa shape index (κ2) is 8.89. The average molecular weight is 381 g/mol. The third kappa shape index (κ3) is 4.70. The standard InChI is InChI=1S/C20H33ClN4O/c1-22-9-5-10-24-14-12-23(2)11-8-20(21,25(16-13-22)17-15-24)18-6-3-4-7-19(18)26/h3-4,6-7,26H,5,8-17H2,1-2H3. The molecule has 1 aromatic carbocycles. The highest BCUT2D eigenvalue weighted by Gasteiger charge is 2.39. The van der Waals surface area contributed by atoms with Crippen molar-refractivity contribution in [3.05, 3.63) is 29.8 Å². The monoisotopic (exact) mass is 380 g/mol. The van der Waals surface area contributed by atoms with Crippen LogP contribution in [0, 0.1) is 0 Å². The topological polar surface area (TPSA) is 33.2 Å². The molecule has 2 aliphatic heterocycles. The van der Waals surface area contributed by atoms with Crippen LogP contribution in [0.2, 0.25) is 0 Å². The number of hydrogen-bond acceptors (Lipinski definition) is 5.